The SMILES string of the molecule is Nc1ccc(-c2cn[nH]c2-c2cc(Cl)ccc2O)cc1. The summed E-state index contributed by atoms with van der Waals surface area (Å²) in [4.78, 5) is 0. The number of benzene rings is 2. The first-order valence-electron chi connectivity index (χ1n) is 6.03. The van der Waals surface area contributed by atoms with Crippen LogP contribution in [-0.2, 0) is 0 Å². The van der Waals surface area contributed by atoms with Crippen LogP contribution in [-0.4, -0.2) is 15.3 Å². The van der Waals surface area contributed by atoms with Crippen LogP contribution in [0.3, 0.4) is 0 Å². The Labute approximate surface area is 120 Å². The lowest BCUT2D eigenvalue weighted by Crippen LogP contribution is -1.86. The van der Waals surface area contributed by atoms with Gasteiger partial charge in [-0.15, -0.1) is 0 Å². The average molecular weight is 286 g/mol. The van der Waals surface area contributed by atoms with Crippen molar-refractivity contribution < 1.29 is 5.11 Å². The molecule has 0 saturated carbocycles. The van der Waals surface area contributed by atoms with Gasteiger partial charge in [0.25, 0.3) is 0 Å². The molecule has 0 fully saturated rings. The zero-order chi connectivity index (χ0) is 14.1. The van der Waals surface area contributed by atoms with E-state index in [1.807, 2.05) is 24.3 Å². The van der Waals surface area contributed by atoms with Crippen molar-refractivity contribution in [3.05, 3.63) is 53.7 Å². The second-order valence-corrected chi connectivity index (χ2v) is 4.88. The number of nitrogens with zero attached hydrogens (tertiary/aromatic N) is 1. The second kappa shape index (κ2) is 4.90. The summed E-state index contributed by atoms with van der Waals surface area (Å²) in [6.45, 7) is 0. The highest BCUT2D eigenvalue weighted by Gasteiger charge is 2.13. The molecule has 0 atom stereocenters. The summed E-state index contributed by atoms with van der Waals surface area (Å²) in [5.41, 5.74) is 9.56. The van der Waals surface area contributed by atoms with E-state index in [1.165, 1.54) is 0 Å². The molecule has 0 bridgehead atoms. The number of nitrogen functional groups attached to an aromatic ring is 1. The molecule has 3 aromatic rings. The number of aromatic hydroxyl groups is 1. The third kappa shape index (κ3) is 2.21. The molecule has 0 unspecified atom stereocenters. The lowest BCUT2D eigenvalue weighted by Gasteiger charge is -2.07. The molecule has 4 N–H and O–H groups in total. The van der Waals surface area contributed by atoms with Gasteiger partial charge >= 0.3 is 0 Å². The van der Waals surface area contributed by atoms with Gasteiger partial charge in [-0.3, -0.25) is 5.10 Å². The first-order valence-corrected chi connectivity index (χ1v) is 6.41. The normalized spacial score (nSPS) is 10.7. The molecule has 0 radical (unpaired) electrons. The molecule has 1 heterocycles. The van der Waals surface area contributed by atoms with E-state index in [-0.39, 0.29) is 5.75 Å². The van der Waals surface area contributed by atoms with Gasteiger partial charge in [0.1, 0.15) is 5.75 Å². The Kier molecular flexibility index (Phi) is 3.08. The summed E-state index contributed by atoms with van der Waals surface area (Å²) in [6, 6.07) is 12.4. The molecule has 0 aliphatic carbocycles. The Morgan fingerprint density at radius 3 is 2.55 bits per heavy atom. The number of phenolic OH excluding ortho intramolecular Hbond substituents is 1. The van der Waals surface area contributed by atoms with Crippen molar-refractivity contribution in [2.45, 2.75) is 0 Å². The highest BCUT2D eigenvalue weighted by atomic mass is 35.5. The fourth-order valence-electron chi connectivity index (χ4n) is 2.08. The Hall–Kier alpha value is -2.46. The van der Waals surface area contributed by atoms with E-state index >= 15 is 0 Å². The molecule has 0 spiro atoms. The number of halogens is 1. The van der Waals surface area contributed by atoms with E-state index in [2.05, 4.69) is 10.2 Å². The lowest BCUT2D eigenvalue weighted by molar-refractivity contribution is 0.477. The maximum absolute atomic E-state index is 10.00. The number of hydrogen-bond acceptors (Lipinski definition) is 3. The molecule has 1 aromatic heterocycles. The summed E-state index contributed by atoms with van der Waals surface area (Å²) < 4.78 is 0. The second-order valence-electron chi connectivity index (χ2n) is 4.44. The van der Waals surface area contributed by atoms with Gasteiger partial charge in [0.05, 0.1) is 11.9 Å². The lowest BCUT2D eigenvalue weighted by atomic mass is 10.0. The van der Waals surface area contributed by atoms with Crippen LogP contribution in [0.2, 0.25) is 5.02 Å². The molecular formula is C15H12ClN3O. The van der Waals surface area contributed by atoms with Gasteiger partial charge in [0.15, 0.2) is 0 Å². The van der Waals surface area contributed by atoms with E-state index in [9.17, 15) is 5.11 Å². The predicted octanol–water partition coefficient (Wildman–Crippen LogP) is 3.68. The minimum absolute atomic E-state index is 0.148. The van der Waals surface area contributed by atoms with E-state index < -0.39 is 0 Å². The number of nitrogens with two attached hydrogens (primary N) is 1. The molecule has 0 amide bonds. The number of phenols is 1. The van der Waals surface area contributed by atoms with E-state index in [1.54, 1.807) is 24.4 Å². The third-order valence-electron chi connectivity index (χ3n) is 3.09. The van der Waals surface area contributed by atoms with Crippen LogP contribution in [0.1, 0.15) is 0 Å². The largest absolute Gasteiger partial charge is 0.507 e. The number of nitrogens with one attached hydrogen (secondary N) is 1. The molecule has 4 nitrogen and oxygen atoms in total. The number of aromatic nitrogens is 2. The number of anilines is 1. The number of aromatic amines is 1. The summed E-state index contributed by atoms with van der Waals surface area (Å²) in [7, 11) is 0. The molecular weight excluding hydrogens is 274 g/mol. The maximum Gasteiger partial charge on any atom is 0.125 e. The van der Waals surface area contributed by atoms with E-state index in [4.69, 9.17) is 17.3 Å². The summed E-state index contributed by atoms with van der Waals surface area (Å²) in [5.74, 6) is 0.148. The summed E-state index contributed by atoms with van der Waals surface area (Å²) in [5, 5.41) is 17.5. The number of rotatable bonds is 2. The van der Waals surface area contributed by atoms with Crippen molar-refractivity contribution in [2.24, 2.45) is 0 Å². The molecule has 5 heteroatoms. The minimum Gasteiger partial charge on any atom is -0.507 e. The Morgan fingerprint density at radius 2 is 1.80 bits per heavy atom. The van der Waals surface area contributed by atoms with E-state index in [0.717, 1.165) is 16.8 Å². The predicted molar refractivity (Wildman–Crippen MR) is 80.5 cm³/mol. The van der Waals surface area contributed by atoms with Crippen LogP contribution in [0, 0.1) is 0 Å². The number of H-pyrrole nitrogens is 1. The Bertz CT molecular complexity index is 750. The van der Waals surface area contributed by atoms with Crippen molar-refractivity contribution in [1.29, 1.82) is 0 Å². The monoisotopic (exact) mass is 285 g/mol. The van der Waals surface area contributed by atoms with Gasteiger partial charge in [0.2, 0.25) is 0 Å². The highest BCUT2D eigenvalue weighted by Crippen LogP contribution is 2.36. The van der Waals surface area contributed by atoms with Crippen LogP contribution >= 0.6 is 11.6 Å². The maximum atomic E-state index is 10.00. The van der Waals surface area contributed by atoms with Gasteiger partial charge in [-0.2, -0.15) is 5.10 Å². The van der Waals surface area contributed by atoms with Crippen molar-refractivity contribution in [2.75, 3.05) is 5.73 Å². The first-order chi connectivity index (χ1) is 9.65. The van der Waals surface area contributed by atoms with Crippen LogP contribution < -0.4 is 5.73 Å². The molecule has 0 saturated heterocycles. The Balaban J connectivity index is 2.15. The Morgan fingerprint density at radius 1 is 1.05 bits per heavy atom. The van der Waals surface area contributed by atoms with Crippen LogP contribution in [0.4, 0.5) is 5.69 Å². The molecule has 0 aliphatic heterocycles. The smallest absolute Gasteiger partial charge is 0.125 e. The van der Waals surface area contributed by atoms with E-state index in [0.29, 0.717) is 16.3 Å². The molecule has 3 rings (SSSR count). The first kappa shape index (κ1) is 12.6. The van der Waals surface area contributed by atoms with Crippen molar-refractivity contribution in [1.82, 2.24) is 10.2 Å². The third-order valence-corrected chi connectivity index (χ3v) is 3.32. The zero-order valence-corrected chi connectivity index (χ0v) is 11.2. The average Bonchev–Trinajstić information content (AvgIpc) is 2.91. The van der Waals surface area contributed by atoms with Gasteiger partial charge < -0.3 is 10.8 Å². The fraction of sp³-hybridized carbons (Fsp3) is 0. The summed E-state index contributed by atoms with van der Waals surface area (Å²) >= 11 is 5.99. The molecule has 2 aromatic carbocycles. The van der Waals surface area contributed by atoms with Crippen molar-refractivity contribution >= 4 is 17.3 Å². The molecule has 0 aliphatic rings. The van der Waals surface area contributed by atoms with Gasteiger partial charge in [-0.1, -0.05) is 23.7 Å². The van der Waals surface area contributed by atoms with Gasteiger partial charge in [0, 0.05) is 21.8 Å². The van der Waals surface area contributed by atoms with Gasteiger partial charge in [-0.25, -0.2) is 0 Å². The minimum atomic E-state index is 0.148. The van der Waals surface area contributed by atoms with Crippen molar-refractivity contribution in [3.8, 4) is 28.1 Å². The molecule has 20 heavy (non-hydrogen) atoms. The van der Waals surface area contributed by atoms with Gasteiger partial charge in [-0.05, 0) is 35.9 Å². The van der Waals surface area contributed by atoms with Crippen LogP contribution in [0.25, 0.3) is 22.4 Å². The summed E-state index contributed by atoms with van der Waals surface area (Å²) in [6.07, 6.45) is 1.71. The highest BCUT2D eigenvalue weighted by molar-refractivity contribution is 6.31. The van der Waals surface area contributed by atoms with Crippen LogP contribution in [0.15, 0.2) is 48.7 Å². The number of hydrogen-bond donors (Lipinski definition) is 3. The molecule has 100 valence electrons. The zero-order valence-electron chi connectivity index (χ0n) is 10.5. The standard InChI is InChI=1S/C15H12ClN3O/c16-10-3-6-14(20)12(7-10)15-13(8-18-19-15)9-1-4-11(17)5-2-9/h1-8,20H,17H2,(H,18,19). The quantitative estimate of drug-likeness (QED) is 0.629. The van der Waals surface area contributed by atoms with Crippen LogP contribution in [0.5, 0.6) is 5.75 Å². The van der Waals surface area contributed by atoms with Crippen molar-refractivity contribution in [3.63, 3.8) is 0 Å². The fourth-order valence-corrected chi connectivity index (χ4v) is 2.25. The topological polar surface area (TPSA) is 74.9 Å².